The summed E-state index contributed by atoms with van der Waals surface area (Å²) in [5.41, 5.74) is 2.32. The molecule has 104 valence electrons. The zero-order valence-corrected chi connectivity index (χ0v) is 12.7. The molecule has 0 aromatic carbocycles. The van der Waals surface area contributed by atoms with E-state index in [0.717, 1.165) is 9.75 Å². The lowest BCUT2D eigenvalue weighted by Gasteiger charge is -2.14. The van der Waals surface area contributed by atoms with E-state index in [4.69, 9.17) is 0 Å². The third kappa shape index (κ3) is 1.66. The maximum Gasteiger partial charge on any atom is 0.261 e. The fraction of sp³-hybridized carbons (Fsp3) is 0.0667. The lowest BCUT2D eigenvalue weighted by molar-refractivity contribution is -0.122. The van der Waals surface area contributed by atoms with Crippen molar-refractivity contribution in [1.29, 1.82) is 0 Å². The van der Waals surface area contributed by atoms with Crippen molar-refractivity contribution in [1.82, 2.24) is 10.2 Å². The number of hydrogen-bond donors (Lipinski definition) is 1. The maximum absolute atomic E-state index is 12.6. The normalized spacial score (nSPS) is 17.9. The third-order valence-electron chi connectivity index (χ3n) is 3.58. The molecule has 0 unspecified atom stereocenters. The molecule has 2 amide bonds. The van der Waals surface area contributed by atoms with Gasteiger partial charge in [-0.3, -0.25) is 9.59 Å². The van der Waals surface area contributed by atoms with Crippen LogP contribution in [-0.4, -0.2) is 23.8 Å². The first kappa shape index (κ1) is 12.6. The van der Waals surface area contributed by atoms with Gasteiger partial charge in [-0.2, -0.15) is 0 Å². The molecule has 1 N–H and O–H groups in total. The minimum atomic E-state index is -0.200. The van der Waals surface area contributed by atoms with E-state index in [1.807, 2.05) is 35.0 Å². The first-order chi connectivity index (χ1) is 10.2. The number of rotatable bonds is 2. The summed E-state index contributed by atoms with van der Waals surface area (Å²) in [7, 11) is 1.72. The molecule has 2 aliphatic heterocycles. The number of nitrogens with zero attached hydrogens (tertiary/aromatic N) is 1. The van der Waals surface area contributed by atoms with Crippen molar-refractivity contribution in [3.8, 4) is 0 Å². The Kier molecular flexibility index (Phi) is 2.63. The molecule has 0 saturated heterocycles. The van der Waals surface area contributed by atoms with E-state index in [9.17, 15) is 9.59 Å². The van der Waals surface area contributed by atoms with Crippen molar-refractivity contribution in [2.45, 2.75) is 0 Å². The highest BCUT2D eigenvalue weighted by Gasteiger charge is 2.44. The molecule has 4 heterocycles. The average molecular weight is 314 g/mol. The Morgan fingerprint density at radius 1 is 1.00 bits per heavy atom. The molecule has 0 radical (unpaired) electrons. The van der Waals surface area contributed by atoms with Gasteiger partial charge >= 0.3 is 0 Å². The zero-order valence-electron chi connectivity index (χ0n) is 11.0. The van der Waals surface area contributed by atoms with Gasteiger partial charge in [-0.25, -0.2) is 0 Å². The van der Waals surface area contributed by atoms with Crippen LogP contribution >= 0.6 is 22.7 Å². The highest BCUT2D eigenvalue weighted by molar-refractivity contribution is 7.11. The molecular formula is C15H10N2O2S2. The van der Waals surface area contributed by atoms with E-state index in [1.54, 1.807) is 11.9 Å². The molecule has 0 aliphatic carbocycles. The fourth-order valence-corrected chi connectivity index (χ4v) is 4.20. The van der Waals surface area contributed by atoms with Gasteiger partial charge in [-0.15, -0.1) is 22.7 Å². The zero-order chi connectivity index (χ0) is 14.6. The van der Waals surface area contributed by atoms with Gasteiger partial charge in [0.2, 0.25) is 0 Å². The van der Waals surface area contributed by atoms with Crippen molar-refractivity contribution in [2.24, 2.45) is 0 Å². The maximum atomic E-state index is 12.6. The van der Waals surface area contributed by atoms with Crippen LogP contribution in [0.4, 0.5) is 0 Å². The molecule has 0 fully saturated rings. The lowest BCUT2D eigenvalue weighted by Crippen LogP contribution is -2.23. The van der Waals surface area contributed by atoms with Crippen LogP contribution in [0, 0.1) is 0 Å². The highest BCUT2D eigenvalue weighted by Crippen LogP contribution is 2.43. The van der Waals surface area contributed by atoms with E-state index in [2.05, 4.69) is 5.32 Å². The van der Waals surface area contributed by atoms with Crippen LogP contribution in [0.2, 0.25) is 0 Å². The second-order valence-electron chi connectivity index (χ2n) is 4.75. The summed E-state index contributed by atoms with van der Waals surface area (Å²) < 4.78 is 0. The Hall–Kier alpha value is -2.18. The lowest BCUT2D eigenvalue weighted by atomic mass is 10.1. The van der Waals surface area contributed by atoms with Crippen molar-refractivity contribution >= 4 is 45.9 Å². The van der Waals surface area contributed by atoms with Gasteiger partial charge in [-0.05, 0) is 22.9 Å². The minimum absolute atomic E-state index is 0.129. The van der Waals surface area contributed by atoms with Crippen LogP contribution in [0.25, 0.3) is 11.4 Å². The molecule has 4 rings (SSSR count). The van der Waals surface area contributed by atoms with E-state index in [0.29, 0.717) is 22.5 Å². The van der Waals surface area contributed by atoms with Gasteiger partial charge in [0.1, 0.15) is 0 Å². The molecule has 21 heavy (non-hydrogen) atoms. The first-order valence-electron chi connectivity index (χ1n) is 6.34. The molecule has 6 heteroatoms. The second kappa shape index (κ2) is 4.41. The van der Waals surface area contributed by atoms with E-state index >= 15 is 0 Å². The number of nitrogens with one attached hydrogen (secondary N) is 1. The molecule has 4 nitrogen and oxygen atoms in total. The quantitative estimate of drug-likeness (QED) is 0.926. The van der Waals surface area contributed by atoms with Crippen molar-refractivity contribution in [2.75, 3.05) is 7.05 Å². The predicted octanol–water partition coefficient (Wildman–Crippen LogP) is 2.53. The number of carbonyl (C=O) groups is 2. The monoisotopic (exact) mass is 314 g/mol. The number of thiophene rings is 2. The Morgan fingerprint density at radius 2 is 1.67 bits per heavy atom. The molecule has 0 spiro atoms. The summed E-state index contributed by atoms with van der Waals surface area (Å²) in [6.45, 7) is 0. The van der Waals surface area contributed by atoms with Crippen molar-refractivity contribution < 1.29 is 9.59 Å². The number of hydrogen-bond acceptors (Lipinski definition) is 4. The van der Waals surface area contributed by atoms with Gasteiger partial charge in [-0.1, -0.05) is 12.1 Å². The minimum Gasteiger partial charge on any atom is -0.320 e. The number of likely N-dealkylation sites (N-methyl/N-ethyl adjacent to an activating group) is 1. The third-order valence-corrected chi connectivity index (χ3v) is 5.34. The smallest absolute Gasteiger partial charge is 0.261 e. The van der Waals surface area contributed by atoms with Gasteiger partial charge in [0.05, 0.1) is 32.3 Å². The Morgan fingerprint density at radius 3 is 2.29 bits per heavy atom. The predicted molar refractivity (Wildman–Crippen MR) is 83.4 cm³/mol. The largest absolute Gasteiger partial charge is 0.320 e. The first-order valence-corrected chi connectivity index (χ1v) is 8.10. The van der Waals surface area contributed by atoms with Crippen LogP contribution in [-0.2, 0) is 9.59 Å². The second-order valence-corrected chi connectivity index (χ2v) is 6.64. The van der Waals surface area contributed by atoms with Crippen LogP contribution in [0.15, 0.2) is 46.2 Å². The molecule has 0 bridgehead atoms. The average Bonchev–Trinajstić information content (AvgIpc) is 3.20. The standard InChI is InChI=1S/C15H10N2O2S2/c1-17-13(9-5-3-7-21-9)11-10(15(17)19)12(16-14(11)18)8-4-2-6-20-8/h2-7H,1H3,(H,16,18). The topological polar surface area (TPSA) is 49.4 Å². The molecule has 0 atom stereocenters. The number of fused-ring (bicyclic) bond motifs is 1. The SMILES string of the molecule is CN1C(=O)C2=C(c3cccs3)NC(=O)C2=C1c1cccs1. The summed E-state index contributed by atoms with van der Waals surface area (Å²) in [4.78, 5) is 28.4. The number of carbonyl (C=O) groups excluding carboxylic acids is 2. The molecule has 0 saturated carbocycles. The Balaban J connectivity index is 1.99. The van der Waals surface area contributed by atoms with Crippen LogP contribution in [0.1, 0.15) is 9.75 Å². The molecule has 2 aliphatic rings. The Bertz CT molecular complexity index is 814. The summed E-state index contributed by atoms with van der Waals surface area (Å²) in [6, 6.07) is 7.66. The van der Waals surface area contributed by atoms with E-state index in [1.165, 1.54) is 22.7 Å². The van der Waals surface area contributed by atoms with E-state index in [-0.39, 0.29) is 11.8 Å². The molecule has 2 aromatic heterocycles. The summed E-state index contributed by atoms with van der Waals surface area (Å²) in [5.74, 6) is -0.329. The van der Waals surface area contributed by atoms with Gasteiger partial charge in [0.15, 0.2) is 0 Å². The van der Waals surface area contributed by atoms with Crippen LogP contribution in [0.5, 0.6) is 0 Å². The number of amides is 2. The molecular weight excluding hydrogens is 304 g/mol. The van der Waals surface area contributed by atoms with Gasteiger partial charge in [0, 0.05) is 7.05 Å². The summed E-state index contributed by atoms with van der Waals surface area (Å²) in [5, 5.41) is 6.72. The summed E-state index contributed by atoms with van der Waals surface area (Å²) >= 11 is 3.03. The van der Waals surface area contributed by atoms with Gasteiger partial charge in [0.25, 0.3) is 11.8 Å². The summed E-state index contributed by atoms with van der Waals surface area (Å²) in [6.07, 6.45) is 0. The van der Waals surface area contributed by atoms with Crippen LogP contribution in [0.3, 0.4) is 0 Å². The van der Waals surface area contributed by atoms with Crippen molar-refractivity contribution in [3.05, 3.63) is 55.9 Å². The highest BCUT2D eigenvalue weighted by atomic mass is 32.1. The molecule has 2 aromatic rings. The van der Waals surface area contributed by atoms with Crippen LogP contribution < -0.4 is 5.32 Å². The fourth-order valence-electron chi connectivity index (χ4n) is 2.66. The van der Waals surface area contributed by atoms with Gasteiger partial charge < -0.3 is 10.2 Å². The Labute approximate surface area is 129 Å². The van der Waals surface area contributed by atoms with E-state index < -0.39 is 0 Å². The van der Waals surface area contributed by atoms with Crippen molar-refractivity contribution in [3.63, 3.8) is 0 Å².